The number of halogens is 1. The van der Waals surface area contributed by atoms with Crippen molar-refractivity contribution in [3.63, 3.8) is 0 Å². The van der Waals surface area contributed by atoms with Crippen LogP contribution in [0, 0.1) is 17.7 Å². The lowest BCUT2D eigenvalue weighted by atomic mass is 9.62. The molecule has 0 bridgehead atoms. The Hall–Kier alpha value is -2.28. The SMILES string of the molecule is CCOC(=O)[C@H]1C(=O)C[C@](C)(O)[C@H](C(=O)OCC)[C@@H]1c1ccc(F)cc1. The molecule has 1 fully saturated rings. The number of carbonyl (C=O) groups is 3. The van der Waals surface area contributed by atoms with Crippen molar-refractivity contribution in [2.45, 2.75) is 38.7 Å². The zero-order valence-electron chi connectivity index (χ0n) is 15.0. The van der Waals surface area contributed by atoms with Crippen molar-refractivity contribution in [2.75, 3.05) is 13.2 Å². The number of rotatable bonds is 5. The van der Waals surface area contributed by atoms with E-state index in [9.17, 15) is 23.9 Å². The van der Waals surface area contributed by atoms with E-state index in [0.29, 0.717) is 5.56 Å². The van der Waals surface area contributed by atoms with E-state index in [1.807, 2.05) is 0 Å². The standard InChI is InChI=1S/C19H23FO6/c1-4-25-17(22)15-13(21)10-19(3,24)16(18(23)26-5-2)14(15)11-6-8-12(20)9-7-11/h6-9,14-16,24H,4-5,10H2,1-3H3/t14-,15+,16+,19+/m1/s1. The molecule has 1 aliphatic rings. The molecule has 4 atom stereocenters. The van der Waals surface area contributed by atoms with Crippen LogP contribution in [0.25, 0.3) is 0 Å². The van der Waals surface area contributed by atoms with Gasteiger partial charge in [-0.2, -0.15) is 0 Å². The van der Waals surface area contributed by atoms with E-state index in [1.54, 1.807) is 13.8 Å². The number of ketones is 1. The fourth-order valence-electron chi connectivity index (χ4n) is 3.56. The van der Waals surface area contributed by atoms with E-state index >= 15 is 0 Å². The van der Waals surface area contributed by atoms with Gasteiger partial charge in [0, 0.05) is 12.3 Å². The van der Waals surface area contributed by atoms with E-state index in [1.165, 1.54) is 31.2 Å². The van der Waals surface area contributed by atoms with Gasteiger partial charge < -0.3 is 14.6 Å². The Bertz CT molecular complexity index is 682. The minimum absolute atomic E-state index is 0.0687. The van der Waals surface area contributed by atoms with Crippen LogP contribution < -0.4 is 0 Å². The molecule has 0 saturated heterocycles. The summed E-state index contributed by atoms with van der Waals surface area (Å²) in [5.74, 6) is -5.95. The average molecular weight is 366 g/mol. The van der Waals surface area contributed by atoms with Gasteiger partial charge in [0.15, 0.2) is 5.78 Å². The van der Waals surface area contributed by atoms with E-state index in [4.69, 9.17) is 9.47 Å². The summed E-state index contributed by atoms with van der Waals surface area (Å²) in [6.45, 7) is 4.75. The lowest BCUT2D eigenvalue weighted by Gasteiger charge is -2.43. The molecule has 26 heavy (non-hydrogen) atoms. The molecule has 142 valence electrons. The molecule has 1 aromatic rings. The zero-order chi connectivity index (χ0) is 19.5. The zero-order valence-corrected chi connectivity index (χ0v) is 15.0. The van der Waals surface area contributed by atoms with Gasteiger partial charge in [0.05, 0.1) is 24.7 Å². The Morgan fingerprint density at radius 2 is 1.69 bits per heavy atom. The molecule has 0 aliphatic heterocycles. The van der Waals surface area contributed by atoms with Crippen molar-refractivity contribution in [1.29, 1.82) is 0 Å². The minimum atomic E-state index is -1.70. The number of ether oxygens (including phenoxy) is 2. The molecule has 0 heterocycles. The van der Waals surface area contributed by atoms with Crippen molar-refractivity contribution in [3.8, 4) is 0 Å². The van der Waals surface area contributed by atoms with Crippen LogP contribution in [0.4, 0.5) is 4.39 Å². The number of hydrogen-bond donors (Lipinski definition) is 1. The lowest BCUT2D eigenvalue weighted by Crippen LogP contribution is -2.55. The quantitative estimate of drug-likeness (QED) is 0.633. The van der Waals surface area contributed by atoms with E-state index in [-0.39, 0.29) is 19.6 Å². The normalized spacial score (nSPS) is 28.5. The van der Waals surface area contributed by atoms with Crippen molar-refractivity contribution in [2.24, 2.45) is 11.8 Å². The van der Waals surface area contributed by atoms with Crippen LogP contribution in [0.2, 0.25) is 0 Å². The van der Waals surface area contributed by atoms with Crippen molar-refractivity contribution in [1.82, 2.24) is 0 Å². The van der Waals surface area contributed by atoms with E-state index in [0.717, 1.165) is 0 Å². The molecule has 1 aliphatic carbocycles. The fourth-order valence-corrected chi connectivity index (χ4v) is 3.56. The highest BCUT2D eigenvalue weighted by molar-refractivity contribution is 6.02. The molecule has 0 aromatic heterocycles. The van der Waals surface area contributed by atoms with Crippen LogP contribution >= 0.6 is 0 Å². The summed E-state index contributed by atoms with van der Waals surface area (Å²) in [6, 6.07) is 5.14. The predicted molar refractivity (Wildman–Crippen MR) is 89.6 cm³/mol. The third-order valence-corrected chi connectivity index (χ3v) is 4.60. The van der Waals surface area contributed by atoms with Gasteiger partial charge in [0.2, 0.25) is 0 Å². The Morgan fingerprint density at radius 1 is 1.15 bits per heavy atom. The first-order chi connectivity index (χ1) is 12.2. The Balaban J connectivity index is 2.59. The molecule has 1 saturated carbocycles. The third-order valence-electron chi connectivity index (χ3n) is 4.60. The largest absolute Gasteiger partial charge is 0.466 e. The highest BCUT2D eigenvalue weighted by atomic mass is 19.1. The van der Waals surface area contributed by atoms with E-state index in [2.05, 4.69) is 0 Å². The number of Topliss-reactive ketones (excluding diaryl/α,β-unsaturated/α-hetero) is 1. The molecular weight excluding hydrogens is 343 g/mol. The summed E-state index contributed by atoms with van der Waals surface area (Å²) in [5.41, 5.74) is -1.32. The molecule has 0 unspecified atom stereocenters. The Labute approximate surface area is 151 Å². The van der Waals surface area contributed by atoms with Gasteiger partial charge in [-0.15, -0.1) is 0 Å². The first-order valence-electron chi connectivity index (χ1n) is 8.56. The molecule has 0 spiro atoms. The van der Waals surface area contributed by atoms with Crippen molar-refractivity contribution in [3.05, 3.63) is 35.6 Å². The highest BCUT2D eigenvalue weighted by Gasteiger charge is 2.57. The number of benzene rings is 1. The number of carbonyl (C=O) groups excluding carboxylic acids is 3. The highest BCUT2D eigenvalue weighted by Crippen LogP contribution is 2.46. The second-order valence-corrected chi connectivity index (χ2v) is 6.54. The molecule has 0 amide bonds. The van der Waals surface area contributed by atoms with Crippen molar-refractivity contribution < 1.29 is 33.4 Å². The fraction of sp³-hybridized carbons (Fsp3) is 0.526. The topological polar surface area (TPSA) is 89.9 Å². The predicted octanol–water partition coefficient (Wildman–Crippen LogP) is 1.99. The minimum Gasteiger partial charge on any atom is -0.466 e. The summed E-state index contributed by atoms with van der Waals surface area (Å²) >= 11 is 0. The van der Waals surface area contributed by atoms with Crippen LogP contribution in [0.5, 0.6) is 0 Å². The van der Waals surface area contributed by atoms with Crippen molar-refractivity contribution >= 4 is 17.7 Å². The van der Waals surface area contributed by atoms with Crippen LogP contribution in [0.1, 0.15) is 38.7 Å². The summed E-state index contributed by atoms with van der Waals surface area (Å²) in [6.07, 6.45) is -0.377. The molecule has 1 aromatic carbocycles. The van der Waals surface area contributed by atoms with Gasteiger partial charge >= 0.3 is 11.9 Å². The smallest absolute Gasteiger partial charge is 0.317 e. The van der Waals surface area contributed by atoms with E-state index < -0.39 is 46.9 Å². The Kier molecular flexibility index (Phi) is 6.13. The first-order valence-corrected chi connectivity index (χ1v) is 8.56. The lowest BCUT2D eigenvalue weighted by molar-refractivity contribution is -0.172. The third kappa shape index (κ3) is 3.93. The molecule has 2 rings (SSSR count). The van der Waals surface area contributed by atoms with Crippen LogP contribution in [-0.4, -0.2) is 41.6 Å². The second-order valence-electron chi connectivity index (χ2n) is 6.54. The van der Waals surface area contributed by atoms with Gasteiger partial charge in [0.1, 0.15) is 11.7 Å². The monoisotopic (exact) mass is 366 g/mol. The molecule has 7 heteroatoms. The number of esters is 2. The molecule has 1 N–H and O–H groups in total. The number of hydrogen-bond acceptors (Lipinski definition) is 6. The molecule has 6 nitrogen and oxygen atoms in total. The van der Waals surface area contributed by atoms with Gasteiger partial charge in [-0.3, -0.25) is 14.4 Å². The van der Waals surface area contributed by atoms with Crippen LogP contribution in [0.15, 0.2) is 24.3 Å². The maximum absolute atomic E-state index is 13.3. The van der Waals surface area contributed by atoms with Gasteiger partial charge in [-0.05, 0) is 38.5 Å². The second kappa shape index (κ2) is 7.95. The van der Waals surface area contributed by atoms with Crippen LogP contribution in [0.3, 0.4) is 0 Å². The van der Waals surface area contributed by atoms with Gasteiger partial charge in [-0.1, -0.05) is 12.1 Å². The number of aliphatic hydroxyl groups is 1. The summed E-state index contributed by atoms with van der Waals surface area (Å²) in [4.78, 5) is 37.6. The average Bonchev–Trinajstić information content (AvgIpc) is 2.54. The van der Waals surface area contributed by atoms with Crippen LogP contribution in [-0.2, 0) is 23.9 Å². The molecular formula is C19H23FO6. The first kappa shape index (κ1) is 20.0. The van der Waals surface area contributed by atoms with Gasteiger partial charge in [-0.25, -0.2) is 4.39 Å². The molecule has 0 radical (unpaired) electrons. The summed E-state index contributed by atoms with van der Waals surface area (Å²) in [7, 11) is 0. The maximum atomic E-state index is 13.3. The van der Waals surface area contributed by atoms with Gasteiger partial charge in [0.25, 0.3) is 0 Å². The summed E-state index contributed by atoms with van der Waals surface area (Å²) in [5, 5.41) is 10.8. The Morgan fingerprint density at radius 3 is 2.23 bits per heavy atom. The maximum Gasteiger partial charge on any atom is 0.317 e. The summed E-state index contributed by atoms with van der Waals surface area (Å²) < 4.78 is 23.4.